The van der Waals surface area contributed by atoms with Gasteiger partial charge < -0.3 is 14.8 Å². The van der Waals surface area contributed by atoms with Gasteiger partial charge in [0.1, 0.15) is 0 Å². The van der Waals surface area contributed by atoms with Crippen LogP contribution in [-0.4, -0.2) is 33.3 Å². The predicted octanol–water partition coefficient (Wildman–Crippen LogP) is 2.65. The van der Waals surface area contributed by atoms with Crippen LogP contribution in [-0.2, 0) is 6.54 Å². The molecule has 0 aliphatic heterocycles. The van der Waals surface area contributed by atoms with Crippen LogP contribution in [0.15, 0.2) is 12.1 Å². The van der Waals surface area contributed by atoms with E-state index in [1.165, 1.54) is 0 Å². The third-order valence-corrected chi connectivity index (χ3v) is 2.91. The number of rotatable bonds is 7. The monoisotopic (exact) mass is 311 g/mol. The van der Waals surface area contributed by atoms with E-state index in [0.717, 1.165) is 5.56 Å². The van der Waals surface area contributed by atoms with E-state index in [9.17, 15) is 0 Å². The molecule has 2 aromatic rings. The van der Waals surface area contributed by atoms with E-state index >= 15 is 0 Å². The molecule has 0 saturated carbocycles. The maximum absolute atomic E-state index is 6.29. The van der Waals surface area contributed by atoms with Gasteiger partial charge >= 0.3 is 0 Å². The first-order chi connectivity index (χ1) is 10.1. The molecule has 0 aliphatic rings. The zero-order chi connectivity index (χ0) is 15.2. The first-order valence-corrected chi connectivity index (χ1v) is 7.07. The number of anilines is 1. The first kappa shape index (κ1) is 15.4. The summed E-state index contributed by atoms with van der Waals surface area (Å²) in [4.78, 5) is 0. The fraction of sp³-hybridized carbons (Fsp3) is 0.462. The van der Waals surface area contributed by atoms with Crippen molar-refractivity contribution < 1.29 is 9.47 Å². The van der Waals surface area contributed by atoms with Crippen molar-refractivity contribution in [3.63, 3.8) is 0 Å². The van der Waals surface area contributed by atoms with Crippen LogP contribution < -0.4 is 14.8 Å². The molecule has 21 heavy (non-hydrogen) atoms. The molecule has 0 amide bonds. The average Bonchev–Trinajstić information content (AvgIpc) is 2.93. The Kier molecular flexibility index (Phi) is 5.21. The highest BCUT2D eigenvalue weighted by Crippen LogP contribution is 2.34. The summed E-state index contributed by atoms with van der Waals surface area (Å²) in [6.45, 7) is 6.84. The minimum Gasteiger partial charge on any atom is -0.490 e. The Morgan fingerprint density at radius 1 is 1.33 bits per heavy atom. The number of aromatic amines is 1. The van der Waals surface area contributed by atoms with Crippen LogP contribution in [0, 0.1) is 0 Å². The lowest BCUT2D eigenvalue weighted by Gasteiger charge is -2.16. The Morgan fingerprint density at radius 2 is 2.14 bits per heavy atom. The second-order valence-electron chi connectivity index (χ2n) is 4.58. The van der Waals surface area contributed by atoms with Crippen LogP contribution in [0.5, 0.6) is 11.5 Å². The summed E-state index contributed by atoms with van der Waals surface area (Å²) in [5.41, 5.74) is 0.862. The van der Waals surface area contributed by atoms with Gasteiger partial charge in [-0.2, -0.15) is 5.21 Å². The van der Waals surface area contributed by atoms with Crippen molar-refractivity contribution in [1.29, 1.82) is 0 Å². The van der Waals surface area contributed by atoms with Crippen molar-refractivity contribution in [3.8, 4) is 11.5 Å². The van der Waals surface area contributed by atoms with E-state index in [1.807, 2.05) is 26.8 Å². The number of halogens is 1. The molecule has 7 nitrogen and oxygen atoms in total. The summed E-state index contributed by atoms with van der Waals surface area (Å²) < 4.78 is 11.3. The fourth-order valence-electron chi connectivity index (χ4n) is 1.74. The molecule has 8 heteroatoms. The zero-order valence-electron chi connectivity index (χ0n) is 12.2. The van der Waals surface area contributed by atoms with Crippen LogP contribution in [0.4, 0.5) is 5.95 Å². The lowest BCUT2D eigenvalue weighted by atomic mass is 10.2. The number of hydrogen-bond donors (Lipinski definition) is 2. The Balaban J connectivity index is 2.18. The minimum atomic E-state index is 0.0450. The van der Waals surface area contributed by atoms with Crippen molar-refractivity contribution in [3.05, 3.63) is 22.7 Å². The third-order valence-electron chi connectivity index (χ3n) is 2.56. The Labute approximate surface area is 128 Å². The largest absolute Gasteiger partial charge is 0.490 e. The Bertz CT molecular complexity index is 574. The predicted molar refractivity (Wildman–Crippen MR) is 79.9 cm³/mol. The second kappa shape index (κ2) is 7.12. The highest BCUT2D eigenvalue weighted by molar-refractivity contribution is 6.31. The number of ether oxygens (including phenoxy) is 2. The molecule has 0 aliphatic carbocycles. The second-order valence-corrected chi connectivity index (χ2v) is 4.99. The van der Waals surface area contributed by atoms with Gasteiger partial charge in [0.25, 0.3) is 5.95 Å². The number of nitrogens with one attached hydrogen (secondary N) is 2. The quantitative estimate of drug-likeness (QED) is 0.817. The smallest absolute Gasteiger partial charge is 0.263 e. The molecule has 1 heterocycles. The van der Waals surface area contributed by atoms with Crippen molar-refractivity contribution in [2.45, 2.75) is 33.4 Å². The lowest BCUT2D eigenvalue weighted by Crippen LogP contribution is -2.09. The molecule has 0 atom stereocenters. The molecule has 0 unspecified atom stereocenters. The summed E-state index contributed by atoms with van der Waals surface area (Å²) in [6.07, 6.45) is 0.0450. The van der Waals surface area contributed by atoms with E-state index in [2.05, 4.69) is 25.9 Å². The average molecular weight is 312 g/mol. The van der Waals surface area contributed by atoms with Gasteiger partial charge in [-0.1, -0.05) is 16.7 Å². The van der Waals surface area contributed by atoms with E-state index in [1.54, 1.807) is 6.07 Å². The number of aromatic nitrogens is 4. The van der Waals surface area contributed by atoms with Gasteiger partial charge in [-0.25, -0.2) is 0 Å². The van der Waals surface area contributed by atoms with Crippen LogP contribution in [0.3, 0.4) is 0 Å². The molecule has 0 radical (unpaired) electrons. The van der Waals surface area contributed by atoms with Crippen molar-refractivity contribution >= 4 is 17.5 Å². The van der Waals surface area contributed by atoms with Gasteiger partial charge in [-0.05, 0) is 37.6 Å². The number of tetrazole rings is 1. The molecular weight excluding hydrogens is 294 g/mol. The molecule has 114 valence electrons. The van der Waals surface area contributed by atoms with Crippen LogP contribution in [0.25, 0.3) is 0 Å². The number of nitrogens with zero attached hydrogens (tertiary/aromatic N) is 3. The minimum absolute atomic E-state index is 0.0450. The van der Waals surface area contributed by atoms with Crippen molar-refractivity contribution in [2.24, 2.45) is 0 Å². The SMILES string of the molecule is CCOc1cc(CNc2nn[nH]n2)c(Cl)cc1OC(C)C. The van der Waals surface area contributed by atoms with Gasteiger partial charge in [0.15, 0.2) is 11.5 Å². The van der Waals surface area contributed by atoms with Gasteiger partial charge in [0.2, 0.25) is 0 Å². The molecule has 1 aromatic carbocycles. The maximum atomic E-state index is 6.29. The number of hydrogen-bond acceptors (Lipinski definition) is 6. The number of H-pyrrole nitrogens is 1. The summed E-state index contributed by atoms with van der Waals surface area (Å²) in [7, 11) is 0. The van der Waals surface area contributed by atoms with Crippen LogP contribution in [0.1, 0.15) is 26.3 Å². The first-order valence-electron chi connectivity index (χ1n) is 6.69. The Hall–Kier alpha value is -2.02. The van der Waals surface area contributed by atoms with Crippen molar-refractivity contribution in [1.82, 2.24) is 20.6 Å². The summed E-state index contributed by atoms with van der Waals surface area (Å²) in [6, 6.07) is 3.62. The van der Waals surface area contributed by atoms with Gasteiger partial charge in [0.05, 0.1) is 12.7 Å². The maximum Gasteiger partial charge on any atom is 0.263 e. The molecule has 0 fully saturated rings. The normalized spacial score (nSPS) is 10.7. The molecule has 2 rings (SSSR count). The summed E-state index contributed by atoms with van der Waals surface area (Å²) in [5.74, 6) is 1.72. The van der Waals surface area contributed by atoms with E-state index < -0.39 is 0 Å². The van der Waals surface area contributed by atoms with Gasteiger partial charge in [-0.3, -0.25) is 0 Å². The van der Waals surface area contributed by atoms with Gasteiger partial charge in [-0.15, -0.1) is 5.10 Å². The molecule has 0 bridgehead atoms. The standard InChI is InChI=1S/C13H18ClN5O2/c1-4-20-11-5-9(7-15-13-16-18-19-17-13)10(14)6-12(11)21-8(2)3/h5-6,8H,4,7H2,1-3H3,(H2,15,16,17,18,19). The summed E-state index contributed by atoms with van der Waals surface area (Å²) in [5, 5.41) is 17.1. The topological polar surface area (TPSA) is 85.0 Å². The molecule has 1 aromatic heterocycles. The summed E-state index contributed by atoms with van der Waals surface area (Å²) >= 11 is 6.29. The van der Waals surface area contributed by atoms with Gasteiger partial charge in [0, 0.05) is 17.6 Å². The van der Waals surface area contributed by atoms with Crippen LogP contribution in [0.2, 0.25) is 5.02 Å². The highest BCUT2D eigenvalue weighted by atomic mass is 35.5. The van der Waals surface area contributed by atoms with Crippen LogP contribution >= 0.6 is 11.6 Å². The third kappa shape index (κ3) is 4.22. The molecule has 0 saturated heterocycles. The molecule has 0 spiro atoms. The number of benzene rings is 1. The molecule has 2 N–H and O–H groups in total. The molecular formula is C13H18ClN5O2. The van der Waals surface area contributed by atoms with E-state index in [4.69, 9.17) is 21.1 Å². The zero-order valence-corrected chi connectivity index (χ0v) is 12.9. The highest BCUT2D eigenvalue weighted by Gasteiger charge is 2.12. The van der Waals surface area contributed by atoms with Crippen molar-refractivity contribution in [2.75, 3.05) is 11.9 Å². The van der Waals surface area contributed by atoms with E-state index in [0.29, 0.717) is 35.6 Å². The fourth-order valence-corrected chi connectivity index (χ4v) is 1.96. The lowest BCUT2D eigenvalue weighted by molar-refractivity contribution is 0.224. The Morgan fingerprint density at radius 3 is 2.76 bits per heavy atom. The van der Waals surface area contributed by atoms with E-state index in [-0.39, 0.29) is 6.10 Å².